The summed E-state index contributed by atoms with van der Waals surface area (Å²) >= 11 is 0. The van der Waals surface area contributed by atoms with Crippen molar-refractivity contribution in [2.45, 2.75) is 45.2 Å². The van der Waals surface area contributed by atoms with Gasteiger partial charge in [-0.25, -0.2) is 4.79 Å². The number of carbonyl (C=O) groups excluding carboxylic acids is 1. The first-order valence-corrected chi connectivity index (χ1v) is 6.59. The van der Waals surface area contributed by atoms with Crippen molar-refractivity contribution in [3.05, 3.63) is 18.0 Å². The third-order valence-corrected chi connectivity index (χ3v) is 3.65. The number of carboxylic acids is 1. The van der Waals surface area contributed by atoms with Crippen LogP contribution in [0.3, 0.4) is 0 Å². The van der Waals surface area contributed by atoms with Crippen molar-refractivity contribution in [3.63, 3.8) is 0 Å². The standard InChI is InChI=1S/C13H19N3O3/c1-9-5-3-4-7-15(9)12(17)11-6-8-16(14-11)10(2)13(18)19/h6,8-10H,3-5,7H2,1-2H3,(H,18,19). The van der Waals surface area contributed by atoms with Gasteiger partial charge in [-0.2, -0.15) is 5.10 Å². The van der Waals surface area contributed by atoms with Crippen LogP contribution in [0.15, 0.2) is 12.3 Å². The second kappa shape index (κ2) is 5.42. The van der Waals surface area contributed by atoms with Crippen LogP contribution in [-0.2, 0) is 4.79 Å². The Kier molecular flexibility index (Phi) is 3.87. The normalized spacial score (nSPS) is 21.2. The highest BCUT2D eigenvalue weighted by molar-refractivity contribution is 5.92. The molecule has 0 radical (unpaired) electrons. The van der Waals surface area contributed by atoms with Gasteiger partial charge in [-0.05, 0) is 39.2 Å². The summed E-state index contributed by atoms with van der Waals surface area (Å²) in [5.74, 6) is -1.07. The first kappa shape index (κ1) is 13.6. The fourth-order valence-corrected chi connectivity index (χ4v) is 2.33. The van der Waals surface area contributed by atoms with Gasteiger partial charge in [0.15, 0.2) is 0 Å². The minimum absolute atomic E-state index is 0.108. The van der Waals surface area contributed by atoms with Gasteiger partial charge in [-0.3, -0.25) is 9.48 Å². The van der Waals surface area contributed by atoms with Gasteiger partial charge in [0.2, 0.25) is 0 Å². The number of likely N-dealkylation sites (tertiary alicyclic amines) is 1. The maximum Gasteiger partial charge on any atom is 0.328 e. The van der Waals surface area contributed by atoms with Gasteiger partial charge in [0, 0.05) is 18.8 Å². The molecule has 0 bridgehead atoms. The summed E-state index contributed by atoms with van der Waals surface area (Å²) in [6.07, 6.45) is 4.72. The van der Waals surface area contributed by atoms with Crippen molar-refractivity contribution >= 4 is 11.9 Å². The van der Waals surface area contributed by atoms with Gasteiger partial charge < -0.3 is 10.0 Å². The summed E-state index contributed by atoms with van der Waals surface area (Å²) in [6, 6.07) is 1.05. The second-order valence-corrected chi connectivity index (χ2v) is 5.04. The third-order valence-electron chi connectivity index (χ3n) is 3.65. The number of rotatable bonds is 3. The Hall–Kier alpha value is -1.85. The Morgan fingerprint density at radius 2 is 2.21 bits per heavy atom. The SMILES string of the molecule is CC1CCCCN1C(=O)c1ccn(C(C)C(=O)O)n1. The molecule has 1 N–H and O–H groups in total. The van der Waals surface area contributed by atoms with E-state index in [0.717, 1.165) is 25.8 Å². The van der Waals surface area contributed by atoms with Gasteiger partial charge in [0.1, 0.15) is 11.7 Å². The molecule has 104 valence electrons. The number of aliphatic carboxylic acids is 1. The number of nitrogens with zero attached hydrogens (tertiary/aromatic N) is 3. The van der Waals surface area contributed by atoms with Crippen LogP contribution >= 0.6 is 0 Å². The summed E-state index contributed by atoms with van der Waals surface area (Å²) in [4.78, 5) is 25.0. The highest BCUT2D eigenvalue weighted by Gasteiger charge is 2.26. The molecule has 2 rings (SSSR count). The van der Waals surface area contributed by atoms with Crippen LogP contribution in [0.2, 0.25) is 0 Å². The van der Waals surface area contributed by atoms with E-state index in [1.165, 1.54) is 11.6 Å². The number of carbonyl (C=O) groups is 2. The molecular weight excluding hydrogens is 246 g/mol. The Morgan fingerprint density at radius 1 is 1.47 bits per heavy atom. The second-order valence-electron chi connectivity index (χ2n) is 5.04. The van der Waals surface area contributed by atoms with Gasteiger partial charge >= 0.3 is 5.97 Å². The Labute approximate surface area is 112 Å². The summed E-state index contributed by atoms with van der Waals surface area (Å²) in [5.41, 5.74) is 0.321. The predicted octanol–water partition coefficient (Wildman–Crippen LogP) is 1.54. The van der Waals surface area contributed by atoms with Crippen molar-refractivity contribution in [2.75, 3.05) is 6.54 Å². The molecule has 2 atom stereocenters. The van der Waals surface area contributed by atoms with E-state index in [0.29, 0.717) is 5.69 Å². The van der Waals surface area contributed by atoms with E-state index in [1.807, 2.05) is 11.8 Å². The van der Waals surface area contributed by atoms with Gasteiger partial charge in [0.05, 0.1) is 0 Å². The zero-order valence-corrected chi connectivity index (χ0v) is 11.2. The molecular formula is C13H19N3O3. The predicted molar refractivity (Wildman–Crippen MR) is 68.9 cm³/mol. The molecule has 2 heterocycles. The molecule has 0 aliphatic carbocycles. The smallest absolute Gasteiger partial charge is 0.328 e. The first-order chi connectivity index (χ1) is 9.00. The molecule has 2 unspecified atom stereocenters. The van der Waals surface area contributed by atoms with E-state index in [2.05, 4.69) is 5.10 Å². The Morgan fingerprint density at radius 3 is 2.84 bits per heavy atom. The average Bonchev–Trinajstić information content (AvgIpc) is 2.87. The molecule has 1 saturated heterocycles. The molecule has 1 amide bonds. The van der Waals surface area contributed by atoms with Crippen LogP contribution in [0, 0.1) is 0 Å². The van der Waals surface area contributed by atoms with Crippen LogP contribution in [0.5, 0.6) is 0 Å². The molecule has 1 aliphatic rings. The molecule has 0 spiro atoms. The van der Waals surface area contributed by atoms with Crippen molar-refractivity contribution in [2.24, 2.45) is 0 Å². The molecule has 1 aromatic heterocycles. The number of aromatic nitrogens is 2. The molecule has 1 aliphatic heterocycles. The number of hydrogen-bond acceptors (Lipinski definition) is 3. The van der Waals surface area contributed by atoms with Crippen LogP contribution in [0.25, 0.3) is 0 Å². The molecule has 0 aromatic carbocycles. The fourth-order valence-electron chi connectivity index (χ4n) is 2.33. The average molecular weight is 265 g/mol. The van der Waals surface area contributed by atoms with Crippen LogP contribution in [-0.4, -0.2) is 44.3 Å². The molecule has 19 heavy (non-hydrogen) atoms. The number of piperidine rings is 1. The van der Waals surface area contributed by atoms with Crippen LogP contribution in [0.4, 0.5) is 0 Å². The maximum atomic E-state index is 12.3. The molecule has 0 saturated carbocycles. The largest absolute Gasteiger partial charge is 0.480 e. The maximum absolute atomic E-state index is 12.3. The number of hydrogen-bond donors (Lipinski definition) is 1. The minimum atomic E-state index is -0.964. The van der Waals surface area contributed by atoms with E-state index >= 15 is 0 Å². The third kappa shape index (κ3) is 2.77. The van der Waals surface area contributed by atoms with Crippen molar-refractivity contribution < 1.29 is 14.7 Å². The van der Waals surface area contributed by atoms with Crippen molar-refractivity contribution in [1.82, 2.24) is 14.7 Å². The van der Waals surface area contributed by atoms with Gasteiger partial charge in [-0.15, -0.1) is 0 Å². The Balaban J connectivity index is 2.13. The minimum Gasteiger partial charge on any atom is -0.480 e. The topological polar surface area (TPSA) is 75.4 Å². The lowest BCUT2D eigenvalue weighted by Crippen LogP contribution is -2.42. The lowest BCUT2D eigenvalue weighted by molar-refractivity contribution is -0.140. The summed E-state index contributed by atoms with van der Waals surface area (Å²) in [5, 5.41) is 13.0. The summed E-state index contributed by atoms with van der Waals surface area (Å²) in [6.45, 7) is 4.32. The molecule has 1 fully saturated rings. The van der Waals surface area contributed by atoms with Crippen LogP contribution < -0.4 is 0 Å². The Bertz CT molecular complexity index is 483. The lowest BCUT2D eigenvalue weighted by atomic mass is 10.0. The highest BCUT2D eigenvalue weighted by atomic mass is 16.4. The van der Waals surface area contributed by atoms with Crippen LogP contribution in [0.1, 0.15) is 49.6 Å². The zero-order valence-electron chi connectivity index (χ0n) is 11.2. The molecule has 6 nitrogen and oxygen atoms in total. The summed E-state index contributed by atoms with van der Waals surface area (Å²) < 4.78 is 1.31. The van der Waals surface area contributed by atoms with Crippen molar-refractivity contribution in [1.29, 1.82) is 0 Å². The summed E-state index contributed by atoms with van der Waals surface area (Å²) in [7, 11) is 0. The monoisotopic (exact) mass is 265 g/mol. The van der Waals surface area contributed by atoms with E-state index in [-0.39, 0.29) is 11.9 Å². The fraction of sp³-hybridized carbons (Fsp3) is 0.615. The lowest BCUT2D eigenvalue weighted by Gasteiger charge is -2.32. The first-order valence-electron chi connectivity index (χ1n) is 6.59. The van der Waals surface area contributed by atoms with Gasteiger partial charge in [0.25, 0.3) is 5.91 Å². The van der Waals surface area contributed by atoms with E-state index in [4.69, 9.17) is 5.11 Å². The number of amides is 1. The zero-order chi connectivity index (χ0) is 14.0. The highest BCUT2D eigenvalue weighted by Crippen LogP contribution is 2.19. The molecule has 6 heteroatoms. The van der Waals surface area contributed by atoms with E-state index in [9.17, 15) is 9.59 Å². The van der Waals surface area contributed by atoms with E-state index in [1.54, 1.807) is 12.3 Å². The number of carboxylic acid groups (broad SMARTS) is 1. The van der Waals surface area contributed by atoms with Gasteiger partial charge in [-0.1, -0.05) is 0 Å². The van der Waals surface area contributed by atoms with Crippen molar-refractivity contribution in [3.8, 4) is 0 Å². The molecule has 1 aromatic rings. The van der Waals surface area contributed by atoms with E-state index < -0.39 is 12.0 Å². The quantitative estimate of drug-likeness (QED) is 0.899.